The van der Waals surface area contributed by atoms with E-state index in [2.05, 4.69) is 6.92 Å². The highest BCUT2D eigenvalue weighted by Gasteiger charge is 2.18. The van der Waals surface area contributed by atoms with Crippen LogP contribution in [0.2, 0.25) is 0 Å². The van der Waals surface area contributed by atoms with Crippen LogP contribution in [0.4, 0.5) is 0 Å². The average molecular weight is 299 g/mol. The highest BCUT2D eigenvalue weighted by atomic mass is 16.5. The summed E-state index contributed by atoms with van der Waals surface area (Å²) in [6, 6.07) is 0. The number of ether oxygens (including phenoxy) is 1. The maximum atomic E-state index is 11.0. The van der Waals surface area contributed by atoms with Gasteiger partial charge in [-0.05, 0) is 6.42 Å². The van der Waals surface area contributed by atoms with Crippen LogP contribution in [0.5, 0.6) is 0 Å². The molecule has 21 heavy (non-hydrogen) atoms. The van der Waals surface area contributed by atoms with Crippen molar-refractivity contribution in [2.45, 2.75) is 77.2 Å². The zero-order chi connectivity index (χ0) is 15.9. The van der Waals surface area contributed by atoms with Crippen LogP contribution >= 0.6 is 0 Å². The highest BCUT2D eigenvalue weighted by molar-refractivity contribution is 5.92. The lowest BCUT2D eigenvalue weighted by Crippen LogP contribution is -2.36. The molecule has 1 unspecified atom stereocenters. The van der Waals surface area contributed by atoms with Crippen molar-refractivity contribution in [1.82, 2.24) is 0 Å². The number of hydrogen-bond acceptors (Lipinski definition) is 3. The molecule has 0 spiro atoms. The molecule has 123 valence electrons. The van der Waals surface area contributed by atoms with Crippen molar-refractivity contribution in [2.75, 3.05) is 6.61 Å². The molecule has 1 radical (unpaired) electrons. The van der Waals surface area contributed by atoms with Crippen LogP contribution in [-0.2, 0) is 14.3 Å². The quantitative estimate of drug-likeness (QED) is 0.455. The predicted molar refractivity (Wildman–Crippen MR) is 84.3 cm³/mol. The first-order valence-electron chi connectivity index (χ1n) is 8.13. The van der Waals surface area contributed by atoms with Crippen molar-refractivity contribution in [3.05, 3.63) is 6.42 Å². The van der Waals surface area contributed by atoms with E-state index in [0.29, 0.717) is 6.61 Å². The second-order valence-corrected chi connectivity index (χ2v) is 5.44. The fraction of sp³-hybridized carbons (Fsp3) is 0.812. The lowest BCUT2D eigenvalue weighted by atomic mass is 10.1. The van der Waals surface area contributed by atoms with Gasteiger partial charge in [-0.15, -0.1) is 0 Å². The van der Waals surface area contributed by atoms with Gasteiger partial charge in [-0.3, -0.25) is 9.59 Å². The van der Waals surface area contributed by atoms with Gasteiger partial charge in [0.05, 0.1) is 6.42 Å². The molecule has 2 amide bonds. The Morgan fingerprint density at radius 1 is 0.905 bits per heavy atom. The molecule has 0 fully saturated rings. The molecule has 1 atom stereocenters. The summed E-state index contributed by atoms with van der Waals surface area (Å²) in [7, 11) is 0. The molecule has 5 nitrogen and oxygen atoms in total. The van der Waals surface area contributed by atoms with E-state index in [4.69, 9.17) is 16.2 Å². The molecule has 0 saturated heterocycles. The number of primary amides is 2. The molecule has 0 aliphatic rings. The van der Waals surface area contributed by atoms with Gasteiger partial charge in [0.15, 0.2) is 0 Å². The van der Waals surface area contributed by atoms with Crippen LogP contribution in [-0.4, -0.2) is 24.5 Å². The third-order valence-electron chi connectivity index (χ3n) is 3.39. The molecule has 0 aliphatic heterocycles. The van der Waals surface area contributed by atoms with Gasteiger partial charge >= 0.3 is 0 Å². The summed E-state index contributed by atoms with van der Waals surface area (Å²) < 4.78 is 5.26. The lowest BCUT2D eigenvalue weighted by molar-refractivity contribution is -0.130. The summed E-state index contributed by atoms with van der Waals surface area (Å²) in [5, 5.41) is 0. The molecule has 5 heteroatoms. The van der Waals surface area contributed by atoms with Gasteiger partial charge in [0.2, 0.25) is 11.8 Å². The Labute approximate surface area is 128 Å². The number of unbranched alkanes of at least 4 members (excludes halogenated alkanes) is 9. The minimum absolute atomic E-state index is 0.424. The third kappa shape index (κ3) is 13.6. The average Bonchev–Trinajstić information content (AvgIpc) is 2.42. The topological polar surface area (TPSA) is 95.4 Å². The van der Waals surface area contributed by atoms with Crippen LogP contribution in [0.1, 0.15) is 71.1 Å². The molecule has 0 heterocycles. The van der Waals surface area contributed by atoms with E-state index < -0.39 is 17.9 Å². The molecule has 0 aromatic carbocycles. The predicted octanol–water partition coefficient (Wildman–Crippen LogP) is 2.47. The van der Waals surface area contributed by atoms with E-state index in [9.17, 15) is 9.59 Å². The molecule has 0 rings (SSSR count). The van der Waals surface area contributed by atoms with Crippen LogP contribution in [0.25, 0.3) is 0 Å². The summed E-state index contributed by atoms with van der Waals surface area (Å²) >= 11 is 0. The Balaban J connectivity index is 3.38. The molecule has 0 bridgehead atoms. The van der Waals surface area contributed by atoms with Crippen molar-refractivity contribution >= 4 is 11.8 Å². The summed E-state index contributed by atoms with van der Waals surface area (Å²) in [5.74, 6) is -1.37. The zero-order valence-electron chi connectivity index (χ0n) is 13.3. The van der Waals surface area contributed by atoms with Gasteiger partial charge in [0.1, 0.15) is 6.10 Å². The smallest absolute Gasteiger partial charge is 0.247 e. The molecule has 0 aromatic rings. The van der Waals surface area contributed by atoms with Gasteiger partial charge in [-0.1, -0.05) is 64.7 Å². The normalized spacial score (nSPS) is 12.2. The van der Waals surface area contributed by atoms with Gasteiger partial charge in [-0.2, -0.15) is 0 Å². The van der Waals surface area contributed by atoms with E-state index in [1.54, 1.807) is 0 Å². The van der Waals surface area contributed by atoms with Crippen molar-refractivity contribution < 1.29 is 14.3 Å². The third-order valence-corrected chi connectivity index (χ3v) is 3.39. The minimum atomic E-state index is -0.999. The van der Waals surface area contributed by atoms with E-state index in [-0.39, 0.29) is 0 Å². The minimum Gasteiger partial charge on any atom is -0.369 e. The molecular weight excluding hydrogens is 268 g/mol. The molecule has 0 saturated carbocycles. The Morgan fingerprint density at radius 3 is 1.81 bits per heavy atom. The van der Waals surface area contributed by atoms with Crippen LogP contribution in [0.3, 0.4) is 0 Å². The Bertz CT molecular complexity index is 283. The van der Waals surface area contributed by atoms with E-state index >= 15 is 0 Å². The maximum Gasteiger partial charge on any atom is 0.247 e. The first-order valence-corrected chi connectivity index (χ1v) is 8.13. The van der Waals surface area contributed by atoms with Crippen molar-refractivity contribution in [2.24, 2.45) is 11.5 Å². The number of amides is 2. The lowest BCUT2D eigenvalue weighted by Gasteiger charge is -2.12. The largest absolute Gasteiger partial charge is 0.369 e. The van der Waals surface area contributed by atoms with Crippen molar-refractivity contribution in [1.29, 1.82) is 0 Å². The Kier molecular flexibility index (Phi) is 13.1. The van der Waals surface area contributed by atoms with Gasteiger partial charge < -0.3 is 16.2 Å². The highest BCUT2D eigenvalue weighted by Crippen LogP contribution is 2.10. The van der Waals surface area contributed by atoms with Crippen LogP contribution in [0, 0.1) is 6.42 Å². The number of carbonyl (C=O) groups is 2. The summed E-state index contributed by atoms with van der Waals surface area (Å²) in [6.07, 6.45) is 12.3. The standard InChI is InChI=1S/C16H31N2O3/c1-2-3-4-5-6-7-8-9-10-11-12-21-14(16(18)20)13-15(17)19/h13-14H,2-12H2,1H3,(H2,17,19)(H2,18,20). The SMILES string of the molecule is CCCCCCCCCCCCOC([CH]C(N)=O)C(N)=O. The van der Waals surface area contributed by atoms with E-state index in [1.807, 2.05) is 0 Å². The fourth-order valence-electron chi connectivity index (χ4n) is 2.16. The van der Waals surface area contributed by atoms with Crippen molar-refractivity contribution in [3.63, 3.8) is 0 Å². The fourth-order valence-corrected chi connectivity index (χ4v) is 2.16. The molecular formula is C16H31N2O3. The van der Waals surface area contributed by atoms with Crippen molar-refractivity contribution in [3.8, 4) is 0 Å². The Morgan fingerprint density at radius 2 is 1.38 bits per heavy atom. The van der Waals surface area contributed by atoms with Crippen LogP contribution in [0.15, 0.2) is 0 Å². The van der Waals surface area contributed by atoms with E-state index in [1.165, 1.54) is 51.4 Å². The first kappa shape index (κ1) is 19.9. The molecule has 0 aliphatic carbocycles. The van der Waals surface area contributed by atoms with Crippen LogP contribution < -0.4 is 11.5 Å². The molecule has 0 aromatic heterocycles. The van der Waals surface area contributed by atoms with Gasteiger partial charge in [-0.25, -0.2) is 0 Å². The van der Waals surface area contributed by atoms with E-state index in [0.717, 1.165) is 19.3 Å². The first-order chi connectivity index (χ1) is 10.1. The maximum absolute atomic E-state index is 11.0. The second kappa shape index (κ2) is 13.9. The summed E-state index contributed by atoms with van der Waals surface area (Å²) in [5.41, 5.74) is 10.1. The number of hydrogen-bond donors (Lipinski definition) is 2. The number of rotatable bonds is 15. The number of nitrogens with two attached hydrogens (primary N) is 2. The summed E-state index contributed by atoms with van der Waals surface area (Å²) in [6.45, 7) is 2.65. The van der Waals surface area contributed by atoms with Gasteiger partial charge in [0, 0.05) is 6.61 Å². The molecule has 4 N–H and O–H groups in total. The number of carbonyl (C=O) groups excluding carboxylic acids is 2. The Hall–Kier alpha value is -1.10. The monoisotopic (exact) mass is 299 g/mol. The van der Waals surface area contributed by atoms with Gasteiger partial charge in [0.25, 0.3) is 0 Å². The zero-order valence-corrected chi connectivity index (χ0v) is 13.3. The second-order valence-electron chi connectivity index (χ2n) is 5.44. The summed E-state index contributed by atoms with van der Waals surface area (Å²) in [4.78, 5) is 21.7.